The minimum Gasteiger partial charge on any atom is -0.319 e. The van der Waals surface area contributed by atoms with Crippen molar-refractivity contribution >= 4 is 0 Å². The van der Waals surface area contributed by atoms with Crippen LogP contribution >= 0.6 is 0 Å². The van der Waals surface area contributed by atoms with E-state index in [1.165, 1.54) is 27.8 Å². The van der Waals surface area contributed by atoms with Gasteiger partial charge in [0.25, 0.3) is 0 Å². The Hall–Kier alpha value is -4.11. The van der Waals surface area contributed by atoms with E-state index in [1.807, 2.05) is 12.1 Å². The first-order valence-corrected chi connectivity index (χ1v) is 15.2. The van der Waals surface area contributed by atoms with Gasteiger partial charge in [-0.15, -0.1) is 40.5 Å². The first-order valence-electron chi connectivity index (χ1n) is 15.2. The summed E-state index contributed by atoms with van der Waals surface area (Å²) in [6, 6.07) is 46.3. The van der Waals surface area contributed by atoms with E-state index in [1.54, 1.807) is 0 Å². The molecule has 0 spiro atoms. The predicted octanol–water partition coefficient (Wildman–Crippen LogP) is 10.5. The van der Waals surface area contributed by atoms with E-state index in [2.05, 4.69) is 148 Å². The molecule has 0 aliphatic carbocycles. The quantitative estimate of drug-likeness (QED) is 0.138. The van der Waals surface area contributed by atoms with Crippen LogP contribution in [0.4, 0.5) is 0 Å². The van der Waals surface area contributed by atoms with Crippen molar-refractivity contribution < 1.29 is 20.1 Å². The molecule has 0 N–H and O–H groups in total. The van der Waals surface area contributed by atoms with Crippen molar-refractivity contribution in [2.24, 2.45) is 0 Å². The van der Waals surface area contributed by atoms with Crippen LogP contribution in [-0.4, -0.2) is 14.8 Å². The molecule has 0 saturated heterocycles. The van der Waals surface area contributed by atoms with Crippen molar-refractivity contribution in [3.63, 3.8) is 0 Å². The molecule has 1 aromatic heterocycles. The van der Waals surface area contributed by atoms with E-state index >= 15 is 0 Å². The van der Waals surface area contributed by atoms with Gasteiger partial charge in [0.05, 0.1) is 5.82 Å². The fraction of sp³-hybridized carbons (Fsp3) is 0.200. The van der Waals surface area contributed by atoms with Crippen molar-refractivity contribution in [2.75, 3.05) is 0 Å². The van der Waals surface area contributed by atoms with E-state index in [0.29, 0.717) is 0 Å². The van der Waals surface area contributed by atoms with Gasteiger partial charge in [-0.1, -0.05) is 125 Å². The van der Waals surface area contributed by atoms with Gasteiger partial charge in [-0.3, -0.25) is 0 Å². The van der Waals surface area contributed by atoms with E-state index in [4.69, 9.17) is 10.2 Å². The molecule has 1 heterocycles. The summed E-state index contributed by atoms with van der Waals surface area (Å²) >= 11 is 0. The summed E-state index contributed by atoms with van der Waals surface area (Å²) in [5.41, 5.74) is 10.1. The number of nitrogens with zero attached hydrogens (tertiary/aromatic N) is 3. The summed E-state index contributed by atoms with van der Waals surface area (Å²) in [6.07, 6.45) is 3.31. The Balaban J connectivity index is 0.00000384. The number of hydrogen-bond acceptors (Lipinski definition) is 2. The third kappa shape index (κ3) is 6.53. The maximum Gasteiger partial charge on any atom is 0.134 e. The summed E-state index contributed by atoms with van der Waals surface area (Å²) in [6.45, 7) is 9.00. The number of hydrogen-bond donors (Lipinski definition) is 0. The normalized spacial score (nSPS) is 11.3. The predicted molar refractivity (Wildman–Crippen MR) is 179 cm³/mol. The topological polar surface area (TPSA) is 30.7 Å². The van der Waals surface area contributed by atoms with Gasteiger partial charge in [-0.2, -0.15) is 5.10 Å². The maximum absolute atomic E-state index is 4.89. The van der Waals surface area contributed by atoms with E-state index < -0.39 is 0 Å². The van der Waals surface area contributed by atoms with Crippen molar-refractivity contribution in [1.29, 1.82) is 0 Å². The van der Waals surface area contributed by atoms with Gasteiger partial charge in [-0.05, 0) is 58.9 Å². The smallest absolute Gasteiger partial charge is 0.134 e. The molecule has 0 saturated carbocycles. The zero-order chi connectivity index (χ0) is 29.8. The Morgan fingerprint density at radius 1 is 0.659 bits per heavy atom. The Bertz CT molecular complexity index is 1840. The molecule has 5 aromatic carbocycles. The zero-order valence-corrected chi connectivity index (χ0v) is 28.2. The molecule has 4 heteroatoms. The largest absolute Gasteiger partial charge is 0.319 e. The van der Waals surface area contributed by atoms with Crippen LogP contribution in [0.1, 0.15) is 51.4 Å². The van der Waals surface area contributed by atoms with E-state index in [-0.39, 0.29) is 25.5 Å². The van der Waals surface area contributed by atoms with Gasteiger partial charge >= 0.3 is 0 Å². The zero-order valence-electron chi connectivity index (χ0n) is 25.8. The van der Waals surface area contributed by atoms with Gasteiger partial charge in [0.15, 0.2) is 0 Å². The monoisotopic (exact) mass is 753 g/mol. The van der Waals surface area contributed by atoms with E-state index in [9.17, 15) is 0 Å². The molecule has 0 bridgehead atoms. The SMILES string of the molecule is CCCCC(C)(C)c1nnc(-c2[c-]ccc(-c3ccccc3)c2)n1-c1cc(-c2cccc(-c3ccccc3)c2)ccc1C.[Ir]. The first kappa shape index (κ1) is 31.3. The fourth-order valence-corrected chi connectivity index (χ4v) is 5.80. The molecule has 6 aromatic rings. The number of aromatic nitrogens is 3. The van der Waals surface area contributed by atoms with Gasteiger partial charge in [0.2, 0.25) is 0 Å². The third-order valence-electron chi connectivity index (χ3n) is 8.33. The van der Waals surface area contributed by atoms with E-state index in [0.717, 1.165) is 53.3 Å². The number of aryl methyl sites for hydroxylation is 1. The minimum atomic E-state index is -0.159. The van der Waals surface area contributed by atoms with Gasteiger partial charge in [0, 0.05) is 31.2 Å². The Kier molecular flexibility index (Phi) is 9.74. The molecular formula is C40H38IrN3-. The van der Waals surface area contributed by atoms with Crippen LogP contribution in [0.15, 0.2) is 121 Å². The number of rotatable bonds is 9. The first-order chi connectivity index (χ1) is 20.9. The van der Waals surface area contributed by atoms with Crippen LogP contribution in [0.3, 0.4) is 0 Å². The second-order valence-corrected chi connectivity index (χ2v) is 12.0. The number of unbranched alkanes of at least 4 members (excludes halogenated alkanes) is 1. The number of benzene rings is 5. The molecule has 3 nitrogen and oxygen atoms in total. The standard InChI is InChI=1S/C40H38N3.Ir/c1-5-6-25-40(3,4)39-42-41-38(36-22-14-20-33(27-36)31-17-11-8-12-18-31)43(39)37-28-35(24-23-29(37)2)34-21-13-19-32(26-34)30-15-9-7-10-16-30;/h7-21,23-24,26-28H,5-6,25H2,1-4H3;/q-1;. The molecule has 0 atom stereocenters. The molecule has 0 fully saturated rings. The molecule has 1 radical (unpaired) electrons. The summed E-state index contributed by atoms with van der Waals surface area (Å²) in [5.74, 6) is 1.79. The molecule has 6 rings (SSSR count). The van der Waals surface area contributed by atoms with Crippen LogP contribution < -0.4 is 0 Å². The Morgan fingerprint density at radius 3 is 1.91 bits per heavy atom. The molecule has 0 aliphatic heterocycles. The summed E-state index contributed by atoms with van der Waals surface area (Å²) in [4.78, 5) is 0. The van der Waals surface area contributed by atoms with Crippen LogP contribution in [0.5, 0.6) is 0 Å². The van der Waals surface area contributed by atoms with Crippen LogP contribution in [-0.2, 0) is 25.5 Å². The van der Waals surface area contributed by atoms with Crippen LogP contribution in [0.25, 0.3) is 50.5 Å². The summed E-state index contributed by atoms with van der Waals surface area (Å²) < 4.78 is 2.29. The Morgan fingerprint density at radius 2 is 1.25 bits per heavy atom. The molecule has 223 valence electrons. The van der Waals surface area contributed by atoms with Crippen molar-refractivity contribution in [3.8, 4) is 50.5 Å². The summed E-state index contributed by atoms with van der Waals surface area (Å²) in [7, 11) is 0. The molecular weight excluding hydrogens is 715 g/mol. The van der Waals surface area contributed by atoms with Crippen LogP contribution in [0.2, 0.25) is 0 Å². The second kappa shape index (κ2) is 13.7. The average molecular weight is 753 g/mol. The summed E-state index contributed by atoms with van der Waals surface area (Å²) in [5, 5.41) is 9.74. The maximum atomic E-state index is 4.89. The third-order valence-corrected chi connectivity index (χ3v) is 8.33. The van der Waals surface area contributed by atoms with Crippen molar-refractivity contribution in [1.82, 2.24) is 14.8 Å². The average Bonchev–Trinajstić information content (AvgIpc) is 3.51. The Labute approximate surface area is 275 Å². The molecule has 0 aliphatic rings. The van der Waals surface area contributed by atoms with Gasteiger partial charge in [-0.25, -0.2) is 0 Å². The molecule has 0 amide bonds. The van der Waals surface area contributed by atoms with Gasteiger partial charge < -0.3 is 4.57 Å². The van der Waals surface area contributed by atoms with Crippen molar-refractivity contribution in [2.45, 2.75) is 52.4 Å². The van der Waals surface area contributed by atoms with Gasteiger partial charge in [0.1, 0.15) is 5.82 Å². The van der Waals surface area contributed by atoms with Crippen LogP contribution in [0, 0.1) is 13.0 Å². The van der Waals surface area contributed by atoms with Crippen molar-refractivity contribution in [3.05, 3.63) is 139 Å². The second-order valence-electron chi connectivity index (χ2n) is 12.0. The minimum absolute atomic E-state index is 0. The molecule has 44 heavy (non-hydrogen) atoms. The fourth-order valence-electron chi connectivity index (χ4n) is 5.80. The molecule has 0 unspecified atom stereocenters.